The maximum atomic E-state index is 2.37. The SMILES string of the molecule is CC.CC1(C)CCc2cscc2C1. The van der Waals surface area contributed by atoms with E-state index in [2.05, 4.69) is 24.6 Å². The first kappa shape index (κ1) is 10.8. The van der Waals surface area contributed by atoms with Crippen molar-refractivity contribution in [1.29, 1.82) is 0 Å². The second-order valence-electron chi connectivity index (χ2n) is 4.26. The molecule has 1 aliphatic rings. The Kier molecular flexibility index (Phi) is 3.55. The third-order valence-corrected chi connectivity index (χ3v) is 3.41. The van der Waals surface area contributed by atoms with Gasteiger partial charge >= 0.3 is 0 Å². The van der Waals surface area contributed by atoms with Gasteiger partial charge in [-0.2, -0.15) is 11.3 Å². The molecule has 0 saturated carbocycles. The van der Waals surface area contributed by atoms with Gasteiger partial charge in [0.05, 0.1) is 0 Å². The predicted molar refractivity (Wildman–Crippen MR) is 61.5 cm³/mol. The maximum Gasteiger partial charge on any atom is -0.00582 e. The molecule has 1 heterocycles. The number of hydrogen-bond acceptors (Lipinski definition) is 1. The van der Waals surface area contributed by atoms with E-state index < -0.39 is 0 Å². The van der Waals surface area contributed by atoms with Gasteiger partial charge in [0.25, 0.3) is 0 Å². The Balaban J connectivity index is 0.000000396. The van der Waals surface area contributed by atoms with Crippen LogP contribution in [0.25, 0.3) is 0 Å². The van der Waals surface area contributed by atoms with Crippen LogP contribution >= 0.6 is 11.3 Å². The van der Waals surface area contributed by atoms with Gasteiger partial charge < -0.3 is 0 Å². The molecule has 74 valence electrons. The van der Waals surface area contributed by atoms with Crippen LogP contribution in [0.4, 0.5) is 0 Å². The van der Waals surface area contributed by atoms with Crippen molar-refractivity contribution in [3.05, 3.63) is 21.9 Å². The van der Waals surface area contributed by atoms with Gasteiger partial charge in [0.2, 0.25) is 0 Å². The van der Waals surface area contributed by atoms with Gasteiger partial charge in [-0.1, -0.05) is 27.7 Å². The third kappa shape index (κ3) is 2.57. The lowest BCUT2D eigenvalue weighted by atomic mass is 9.76. The van der Waals surface area contributed by atoms with Crippen molar-refractivity contribution in [2.75, 3.05) is 0 Å². The van der Waals surface area contributed by atoms with E-state index >= 15 is 0 Å². The first-order valence-corrected chi connectivity index (χ1v) is 6.16. The number of aryl methyl sites for hydroxylation is 1. The molecule has 0 unspecified atom stereocenters. The van der Waals surface area contributed by atoms with E-state index in [1.165, 1.54) is 19.3 Å². The average Bonchev–Trinajstić information content (AvgIpc) is 2.53. The van der Waals surface area contributed by atoms with E-state index in [0.29, 0.717) is 5.41 Å². The fourth-order valence-electron chi connectivity index (χ4n) is 1.80. The normalized spacial score (nSPS) is 18.5. The first-order chi connectivity index (χ1) is 6.17. The lowest BCUT2D eigenvalue weighted by Crippen LogP contribution is -2.20. The summed E-state index contributed by atoms with van der Waals surface area (Å²) in [5, 5.41) is 4.63. The molecule has 0 amide bonds. The van der Waals surface area contributed by atoms with Crippen molar-refractivity contribution in [2.45, 2.75) is 47.0 Å². The Morgan fingerprint density at radius 1 is 1.15 bits per heavy atom. The van der Waals surface area contributed by atoms with E-state index in [0.717, 1.165) is 0 Å². The molecule has 0 N–H and O–H groups in total. The fourth-order valence-corrected chi connectivity index (χ4v) is 2.70. The molecule has 0 bridgehead atoms. The van der Waals surface area contributed by atoms with Crippen molar-refractivity contribution in [3.8, 4) is 0 Å². The third-order valence-electron chi connectivity index (χ3n) is 2.57. The van der Waals surface area contributed by atoms with Crippen molar-refractivity contribution in [2.24, 2.45) is 5.41 Å². The molecule has 0 nitrogen and oxygen atoms in total. The molecular formula is C12H20S. The fraction of sp³-hybridized carbons (Fsp3) is 0.667. The summed E-state index contributed by atoms with van der Waals surface area (Å²) in [6.07, 6.45) is 3.94. The van der Waals surface area contributed by atoms with Gasteiger partial charge in [0.1, 0.15) is 0 Å². The Morgan fingerprint density at radius 3 is 2.46 bits per heavy atom. The van der Waals surface area contributed by atoms with Gasteiger partial charge in [-0.25, -0.2) is 0 Å². The summed E-state index contributed by atoms with van der Waals surface area (Å²) in [5.74, 6) is 0. The molecule has 0 spiro atoms. The zero-order chi connectivity index (χ0) is 9.90. The van der Waals surface area contributed by atoms with Crippen LogP contribution in [-0.4, -0.2) is 0 Å². The molecule has 1 aliphatic carbocycles. The number of fused-ring (bicyclic) bond motifs is 1. The molecule has 0 aliphatic heterocycles. The molecular weight excluding hydrogens is 176 g/mol. The number of hydrogen-bond donors (Lipinski definition) is 0. The summed E-state index contributed by atoms with van der Waals surface area (Å²) in [6.45, 7) is 8.74. The second-order valence-corrected chi connectivity index (χ2v) is 5.01. The molecule has 13 heavy (non-hydrogen) atoms. The van der Waals surface area contributed by atoms with E-state index in [4.69, 9.17) is 0 Å². The van der Waals surface area contributed by atoms with E-state index in [1.54, 1.807) is 11.1 Å². The summed E-state index contributed by atoms with van der Waals surface area (Å²) < 4.78 is 0. The largest absolute Gasteiger partial charge is 0.152 e. The van der Waals surface area contributed by atoms with Crippen LogP contribution in [0, 0.1) is 5.41 Å². The number of thiophene rings is 1. The monoisotopic (exact) mass is 196 g/mol. The molecule has 1 aromatic rings. The van der Waals surface area contributed by atoms with Gasteiger partial charge in [-0.3, -0.25) is 0 Å². The predicted octanol–water partition coefficient (Wildman–Crippen LogP) is 4.29. The van der Waals surface area contributed by atoms with Crippen molar-refractivity contribution >= 4 is 11.3 Å². The smallest absolute Gasteiger partial charge is 0.00582 e. The summed E-state index contributed by atoms with van der Waals surface area (Å²) in [4.78, 5) is 0. The summed E-state index contributed by atoms with van der Waals surface area (Å²) in [7, 11) is 0. The van der Waals surface area contributed by atoms with Crippen LogP contribution in [0.15, 0.2) is 10.8 Å². The zero-order valence-electron chi connectivity index (χ0n) is 9.18. The number of rotatable bonds is 0. The van der Waals surface area contributed by atoms with E-state index in [1.807, 2.05) is 25.2 Å². The molecule has 0 saturated heterocycles. The Labute approximate surface area is 86.0 Å². The van der Waals surface area contributed by atoms with Gasteiger partial charge in [-0.15, -0.1) is 0 Å². The van der Waals surface area contributed by atoms with Gasteiger partial charge in [-0.05, 0) is 46.6 Å². The Bertz CT molecular complexity index is 258. The maximum absolute atomic E-state index is 2.37. The minimum Gasteiger partial charge on any atom is -0.152 e. The lowest BCUT2D eigenvalue weighted by molar-refractivity contribution is 0.316. The van der Waals surface area contributed by atoms with Gasteiger partial charge in [0, 0.05) is 0 Å². The highest BCUT2D eigenvalue weighted by Crippen LogP contribution is 2.35. The van der Waals surface area contributed by atoms with Crippen LogP contribution in [0.5, 0.6) is 0 Å². The Hall–Kier alpha value is -0.300. The molecule has 0 atom stereocenters. The molecule has 1 heteroatoms. The highest BCUT2D eigenvalue weighted by atomic mass is 32.1. The van der Waals surface area contributed by atoms with Crippen molar-refractivity contribution < 1.29 is 0 Å². The van der Waals surface area contributed by atoms with Gasteiger partial charge in [0.15, 0.2) is 0 Å². The zero-order valence-corrected chi connectivity index (χ0v) is 10.0. The van der Waals surface area contributed by atoms with E-state index in [9.17, 15) is 0 Å². The molecule has 0 fully saturated rings. The molecule has 0 radical (unpaired) electrons. The van der Waals surface area contributed by atoms with Crippen LogP contribution in [-0.2, 0) is 12.8 Å². The van der Waals surface area contributed by atoms with Crippen LogP contribution in [0.2, 0.25) is 0 Å². The Morgan fingerprint density at radius 2 is 1.77 bits per heavy atom. The molecule has 0 aromatic carbocycles. The quantitative estimate of drug-likeness (QED) is 0.580. The molecule has 1 aromatic heterocycles. The standard InChI is InChI=1S/C10H14S.C2H6/c1-10(2)4-3-8-6-11-7-9(8)5-10;1-2/h6-7H,3-5H2,1-2H3;1-2H3. The summed E-state index contributed by atoms with van der Waals surface area (Å²) in [5.41, 5.74) is 3.76. The van der Waals surface area contributed by atoms with Crippen LogP contribution in [0.3, 0.4) is 0 Å². The van der Waals surface area contributed by atoms with Crippen LogP contribution in [0.1, 0.15) is 45.2 Å². The lowest BCUT2D eigenvalue weighted by Gasteiger charge is -2.29. The minimum atomic E-state index is 0.550. The minimum absolute atomic E-state index is 0.550. The topological polar surface area (TPSA) is 0 Å². The average molecular weight is 196 g/mol. The highest BCUT2D eigenvalue weighted by molar-refractivity contribution is 7.08. The van der Waals surface area contributed by atoms with E-state index in [-0.39, 0.29) is 0 Å². The van der Waals surface area contributed by atoms with Crippen LogP contribution < -0.4 is 0 Å². The molecule has 2 rings (SSSR count). The van der Waals surface area contributed by atoms with Crippen molar-refractivity contribution in [1.82, 2.24) is 0 Å². The first-order valence-electron chi connectivity index (χ1n) is 5.21. The summed E-state index contributed by atoms with van der Waals surface area (Å²) in [6, 6.07) is 0. The second kappa shape index (κ2) is 4.28. The summed E-state index contributed by atoms with van der Waals surface area (Å²) >= 11 is 1.86. The van der Waals surface area contributed by atoms with Crippen molar-refractivity contribution in [3.63, 3.8) is 0 Å². The highest BCUT2D eigenvalue weighted by Gasteiger charge is 2.25.